The third kappa shape index (κ3) is 5.23. The van der Waals surface area contributed by atoms with Crippen molar-refractivity contribution < 1.29 is 4.79 Å². The van der Waals surface area contributed by atoms with E-state index >= 15 is 0 Å². The van der Waals surface area contributed by atoms with E-state index in [2.05, 4.69) is 24.5 Å². The van der Waals surface area contributed by atoms with Gasteiger partial charge in [0.25, 0.3) is 5.91 Å². The predicted molar refractivity (Wildman–Crippen MR) is 99.1 cm³/mol. The maximum absolute atomic E-state index is 12.7. The first-order valence-electron chi connectivity index (χ1n) is 8.60. The van der Waals surface area contributed by atoms with E-state index in [-0.39, 0.29) is 11.9 Å². The quantitative estimate of drug-likeness (QED) is 0.752. The first-order valence-corrected chi connectivity index (χ1v) is 9.23. The second kappa shape index (κ2) is 9.30. The van der Waals surface area contributed by atoms with Crippen molar-refractivity contribution in [3.8, 4) is 0 Å². The average molecular weight is 336 g/mol. The van der Waals surface area contributed by atoms with Crippen LogP contribution in [0.25, 0.3) is 0 Å². The Labute approximate surface area is 145 Å². The Hall–Kier alpha value is -1.04. The number of carbonyl (C=O) groups is 1. The minimum absolute atomic E-state index is 0.0961. The van der Waals surface area contributed by atoms with Gasteiger partial charge >= 0.3 is 0 Å². The number of amides is 1. The van der Waals surface area contributed by atoms with Gasteiger partial charge < -0.3 is 10.6 Å². The van der Waals surface area contributed by atoms with Crippen LogP contribution in [-0.4, -0.2) is 59.7 Å². The highest BCUT2D eigenvalue weighted by molar-refractivity contribution is 7.80. The number of thiol groups is 1. The summed E-state index contributed by atoms with van der Waals surface area (Å²) in [5.74, 6) is 0.842. The van der Waals surface area contributed by atoms with Crippen LogP contribution in [0.5, 0.6) is 0 Å². The van der Waals surface area contributed by atoms with Gasteiger partial charge in [-0.05, 0) is 18.6 Å². The molecule has 1 aromatic rings. The molecule has 2 rings (SSSR count). The number of benzene rings is 1. The molecule has 128 valence electrons. The van der Waals surface area contributed by atoms with Crippen molar-refractivity contribution in [3.05, 3.63) is 35.9 Å². The highest BCUT2D eigenvalue weighted by Gasteiger charge is 2.30. The fourth-order valence-corrected chi connectivity index (χ4v) is 3.27. The maximum Gasteiger partial charge on any atom is 0.253 e. The zero-order valence-corrected chi connectivity index (χ0v) is 14.9. The number of carbonyl (C=O) groups excluding carboxylic acids is 1. The first-order chi connectivity index (χ1) is 11.2. The molecule has 1 aromatic carbocycles. The Morgan fingerprint density at radius 3 is 2.74 bits per heavy atom. The smallest absolute Gasteiger partial charge is 0.253 e. The number of piperazine rings is 1. The number of rotatable bonds is 7. The molecule has 0 spiro atoms. The summed E-state index contributed by atoms with van der Waals surface area (Å²) < 4.78 is 0. The topological polar surface area (TPSA) is 49.6 Å². The predicted octanol–water partition coefficient (Wildman–Crippen LogP) is 2.26. The summed E-state index contributed by atoms with van der Waals surface area (Å²) in [6.45, 7) is 5.54. The van der Waals surface area contributed by atoms with Gasteiger partial charge in [-0.15, -0.1) is 0 Å². The molecule has 1 heterocycles. The molecule has 0 aromatic heterocycles. The summed E-state index contributed by atoms with van der Waals surface area (Å²) in [5.41, 5.74) is 6.86. The zero-order valence-electron chi connectivity index (χ0n) is 14.0. The molecule has 0 unspecified atom stereocenters. The fourth-order valence-electron chi connectivity index (χ4n) is 3.15. The maximum atomic E-state index is 12.7. The van der Waals surface area contributed by atoms with Gasteiger partial charge in [-0.2, -0.15) is 12.6 Å². The Balaban J connectivity index is 2.01. The fraction of sp³-hybridized carbons (Fsp3) is 0.611. The first kappa shape index (κ1) is 18.3. The van der Waals surface area contributed by atoms with Gasteiger partial charge in [-0.1, -0.05) is 38.0 Å². The molecule has 5 heteroatoms. The van der Waals surface area contributed by atoms with Crippen LogP contribution in [0.3, 0.4) is 0 Å². The molecule has 1 aliphatic heterocycles. The van der Waals surface area contributed by atoms with Crippen LogP contribution < -0.4 is 5.73 Å². The van der Waals surface area contributed by atoms with Crippen LogP contribution in [0.15, 0.2) is 30.3 Å². The van der Waals surface area contributed by atoms with Crippen molar-refractivity contribution in [2.45, 2.75) is 38.3 Å². The van der Waals surface area contributed by atoms with Gasteiger partial charge in [0.1, 0.15) is 0 Å². The molecule has 0 radical (unpaired) electrons. The van der Waals surface area contributed by atoms with Crippen LogP contribution in [0.4, 0.5) is 0 Å². The second-order valence-electron chi connectivity index (χ2n) is 6.35. The molecule has 2 N–H and O–H groups in total. The number of nitrogens with two attached hydrogens (primary N) is 1. The Kier molecular flexibility index (Phi) is 7.40. The summed E-state index contributed by atoms with van der Waals surface area (Å²) in [6.07, 6.45) is 3.48. The SMILES string of the molecule is CCCC[C@H]1CN(C(=O)c2ccccc2)CCN1C[C@@H](N)CS. The largest absolute Gasteiger partial charge is 0.336 e. The molecule has 4 nitrogen and oxygen atoms in total. The van der Waals surface area contributed by atoms with Crippen molar-refractivity contribution in [2.24, 2.45) is 5.73 Å². The molecule has 0 saturated carbocycles. The lowest BCUT2D eigenvalue weighted by Gasteiger charge is -2.42. The minimum atomic E-state index is 0.0961. The van der Waals surface area contributed by atoms with E-state index in [1.54, 1.807) is 0 Å². The molecule has 1 saturated heterocycles. The third-order valence-corrected chi connectivity index (χ3v) is 4.98. The van der Waals surface area contributed by atoms with E-state index in [9.17, 15) is 4.79 Å². The molecule has 1 amide bonds. The summed E-state index contributed by atoms with van der Waals surface area (Å²) in [4.78, 5) is 17.1. The third-order valence-electron chi connectivity index (χ3n) is 4.51. The zero-order chi connectivity index (χ0) is 16.7. The molecule has 23 heavy (non-hydrogen) atoms. The standard InChI is InChI=1S/C18H29N3OS/c1-2-3-9-17-13-21(11-10-20(17)12-16(19)14-23)18(22)15-7-5-4-6-8-15/h4-8,16-17,23H,2-3,9-14,19H2,1H3/t16-,17+/m1/s1. The monoisotopic (exact) mass is 335 g/mol. The van der Waals surface area contributed by atoms with Crippen molar-refractivity contribution in [2.75, 3.05) is 31.9 Å². The Morgan fingerprint density at radius 1 is 1.35 bits per heavy atom. The van der Waals surface area contributed by atoms with Crippen molar-refractivity contribution in [3.63, 3.8) is 0 Å². The van der Waals surface area contributed by atoms with Gasteiger partial charge in [0.05, 0.1) is 0 Å². The molecule has 0 bridgehead atoms. The van der Waals surface area contributed by atoms with E-state index in [1.165, 1.54) is 12.8 Å². The summed E-state index contributed by atoms with van der Waals surface area (Å²) in [6, 6.07) is 10.1. The van der Waals surface area contributed by atoms with Crippen LogP contribution in [0.2, 0.25) is 0 Å². The number of hydrogen-bond donors (Lipinski definition) is 2. The van der Waals surface area contributed by atoms with Crippen LogP contribution in [0.1, 0.15) is 36.5 Å². The average Bonchev–Trinajstić information content (AvgIpc) is 2.60. The molecular weight excluding hydrogens is 306 g/mol. The Bertz CT molecular complexity index is 482. The van der Waals surface area contributed by atoms with Gasteiger partial charge in [-0.25, -0.2) is 0 Å². The molecule has 0 aliphatic carbocycles. The van der Waals surface area contributed by atoms with Crippen LogP contribution >= 0.6 is 12.6 Å². The van der Waals surface area contributed by atoms with Gasteiger partial charge in [0.15, 0.2) is 0 Å². The highest BCUT2D eigenvalue weighted by atomic mass is 32.1. The van der Waals surface area contributed by atoms with E-state index < -0.39 is 0 Å². The lowest BCUT2D eigenvalue weighted by atomic mass is 10.0. The second-order valence-corrected chi connectivity index (χ2v) is 6.72. The van der Waals surface area contributed by atoms with Crippen molar-refractivity contribution in [1.29, 1.82) is 0 Å². The van der Waals surface area contributed by atoms with Gasteiger partial charge in [-0.3, -0.25) is 9.69 Å². The number of hydrogen-bond acceptors (Lipinski definition) is 4. The van der Waals surface area contributed by atoms with E-state index in [4.69, 9.17) is 5.73 Å². The Morgan fingerprint density at radius 2 is 2.09 bits per heavy atom. The minimum Gasteiger partial charge on any atom is -0.336 e. The van der Waals surface area contributed by atoms with Gasteiger partial charge in [0, 0.05) is 49.6 Å². The lowest BCUT2D eigenvalue weighted by molar-refractivity contribution is 0.0448. The lowest BCUT2D eigenvalue weighted by Crippen LogP contribution is -2.57. The van der Waals surface area contributed by atoms with Crippen LogP contribution in [0, 0.1) is 0 Å². The number of nitrogens with zero attached hydrogens (tertiary/aromatic N) is 2. The molecule has 1 aliphatic rings. The summed E-state index contributed by atoms with van der Waals surface area (Å²) in [5, 5.41) is 0. The van der Waals surface area contributed by atoms with Gasteiger partial charge in [0.2, 0.25) is 0 Å². The van der Waals surface area contributed by atoms with E-state index in [0.29, 0.717) is 11.8 Å². The van der Waals surface area contributed by atoms with Crippen molar-refractivity contribution in [1.82, 2.24) is 9.80 Å². The summed E-state index contributed by atoms with van der Waals surface area (Å²) >= 11 is 4.30. The molecule has 1 fully saturated rings. The van der Waals surface area contributed by atoms with E-state index in [0.717, 1.165) is 38.2 Å². The normalized spacial score (nSPS) is 20.5. The highest BCUT2D eigenvalue weighted by Crippen LogP contribution is 2.18. The summed E-state index contributed by atoms with van der Waals surface area (Å²) in [7, 11) is 0. The van der Waals surface area contributed by atoms with E-state index in [1.807, 2.05) is 35.2 Å². The number of unbranched alkanes of at least 4 members (excludes halogenated alkanes) is 1. The van der Waals surface area contributed by atoms with Crippen molar-refractivity contribution >= 4 is 18.5 Å². The molecule has 2 atom stereocenters. The molecular formula is C18H29N3OS. The van der Waals surface area contributed by atoms with Crippen LogP contribution in [-0.2, 0) is 0 Å².